The van der Waals surface area contributed by atoms with Crippen LogP contribution < -0.4 is 10.6 Å². The normalized spacial score (nSPS) is 11.0. The molecule has 2 N–H and O–H groups in total. The van der Waals surface area contributed by atoms with E-state index in [2.05, 4.69) is 64.4 Å². The van der Waals surface area contributed by atoms with E-state index in [1.807, 2.05) is 18.5 Å². The number of aryl methyl sites for hydroxylation is 3. The SMILES string of the molecule is C=CCNC(=NCc1ccc(C)cc1C)NCc1nnc(C)n1C.I. The molecule has 0 bridgehead atoms. The number of hydrogen-bond acceptors (Lipinski definition) is 3. The van der Waals surface area contributed by atoms with Crippen molar-refractivity contribution >= 4 is 29.9 Å². The average molecular weight is 454 g/mol. The molecule has 25 heavy (non-hydrogen) atoms. The molecule has 0 aliphatic rings. The van der Waals surface area contributed by atoms with Gasteiger partial charge in [0.2, 0.25) is 0 Å². The average Bonchev–Trinajstić information content (AvgIpc) is 2.87. The van der Waals surface area contributed by atoms with Gasteiger partial charge in [0.25, 0.3) is 0 Å². The summed E-state index contributed by atoms with van der Waals surface area (Å²) in [5, 5.41) is 14.7. The van der Waals surface area contributed by atoms with Crippen molar-refractivity contribution in [3.05, 3.63) is 59.2 Å². The van der Waals surface area contributed by atoms with Gasteiger partial charge >= 0.3 is 0 Å². The van der Waals surface area contributed by atoms with Gasteiger partial charge in [-0.25, -0.2) is 4.99 Å². The molecule has 0 radical (unpaired) electrons. The molecule has 0 saturated carbocycles. The summed E-state index contributed by atoms with van der Waals surface area (Å²) in [6, 6.07) is 6.42. The lowest BCUT2D eigenvalue weighted by Gasteiger charge is -2.12. The molecule has 2 aromatic rings. The zero-order chi connectivity index (χ0) is 17.5. The molecule has 0 fully saturated rings. The highest BCUT2D eigenvalue weighted by atomic mass is 127. The first kappa shape index (κ1) is 21.1. The van der Waals surface area contributed by atoms with Crippen LogP contribution in [0.5, 0.6) is 0 Å². The monoisotopic (exact) mass is 454 g/mol. The third-order valence-corrected chi connectivity index (χ3v) is 3.92. The molecule has 0 amide bonds. The van der Waals surface area contributed by atoms with E-state index in [1.54, 1.807) is 6.08 Å². The van der Waals surface area contributed by atoms with Crippen molar-refractivity contribution in [3.8, 4) is 0 Å². The second-order valence-electron chi connectivity index (χ2n) is 5.84. The molecule has 0 aliphatic carbocycles. The van der Waals surface area contributed by atoms with E-state index in [-0.39, 0.29) is 24.0 Å². The number of aromatic nitrogens is 3. The number of halogens is 1. The highest BCUT2D eigenvalue weighted by molar-refractivity contribution is 14.0. The first-order chi connectivity index (χ1) is 11.5. The zero-order valence-corrected chi connectivity index (χ0v) is 17.7. The Bertz CT molecular complexity index is 735. The summed E-state index contributed by atoms with van der Waals surface area (Å²) in [7, 11) is 1.95. The van der Waals surface area contributed by atoms with E-state index >= 15 is 0 Å². The first-order valence-electron chi connectivity index (χ1n) is 8.05. The Hall–Kier alpha value is -1.90. The van der Waals surface area contributed by atoms with E-state index in [9.17, 15) is 0 Å². The highest BCUT2D eigenvalue weighted by Gasteiger charge is 2.06. The molecule has 0 saturated heterocycles. The van der Waals surface area contributed by atoms with Gasteiger partial charge in [0.15, 0.2) is 11.8 Å². The van der Waals surface area contributed by atoms with Crippen LogP contribution in [0, 0.1) is 20.8 Å². The Morgan fingerprint density at radius 3 is 2.60 bits per heavy atom. The molecule has 0 unspecified atom stereocenters. The third kappa shape index (κ3) is 6.15. The minimum atomic E-state index is 0. The number of aliphatic imine (C=N–C) groups is 1. The maximum atomic E-state index is 4.66. The Labute approximate surface area is 166 Å². The number of nitrogens with one attached hydrogen (secondary N) is 2. The Balaban J connectivity index is 0.00000312. The number of rotatable bonds is 6. The molecule has 0 spiro atoms. The summed E-state index contributed by atoms with van der Waals surface area (Å²) in [6.45, 7) is 11.7. The minimum Gasteiger partial charge on any atom is -0.353 e. The largest absolute Gasteiger partial charge is 0.353 e. The lowest BCUT2D eigenvalue weighted by atomic mass is 10.1. The fourth-order valence-electron chi connectivity index (χ4n) is 2.30. The smallest absolute Gasteiger partial charge is 0.192 e. The van der Waals surface area contributed by atoms with Gasteiger partial charge in [-0.1, -0.05) is 29.8 Å². The van der Waals surface area contributed by atoms with E-state index < -0.39 is 0 Å². The predicted octanol–water partition coefficient (Wildman–Crippen LogP) is 2.78. The van der Waals surface area contributed by atoms with Crippen molar-refractivity contribution in [2.24, 2.45) is 12.0 Å². The molecule has 0 atom stereocenters. The molecular weight excluding hydrogens is 427 g/mol. The molecule has 1 aromatic heterocycles. The van der Waals surface area contributed by atoms with Gasteiger partial charge in [-0.3, -0.25) is 0 Å². The van der Waals surface area contributed by atoms with Crippen LogP contribution in [0.3, 0.4) is 0 Å². The highest BCUT2D eigenvalue weighted by Crippen LogP contribution is 2.11. The van der Waals surface area contributed by atoms with Crippen molar-refractivity contribution in [2.45, 2.75) is 33.9 Å². The van der Waals surface area contributed by atoms with E-state index in [4.69, 9.17) is 0 Å². The summed E-state index contributed by atoms with van der Waals surface area (Å²) in [4.78, 5) is 4.66. The Kier molecular flexibility index (Phi) is 8.60. The van der Waals surface area contributed by atoms with Gasteiger partial charge in [-0.05, 0) is 31.9 Å². The maximum Gasteiger partial charge on any atom is 0.192 e. The Morgan fingerprint density at radius 2 is 2.00 bits per heavy atom. The van der Waals surface area contributed by atoms with Crippen LogP contribution in [0.4, 0.5) is 0 Å². The van der Waals surface area contributed by atoms with Gasteiger partial charge in [-0.15, -0.1) is 40.8 Å². The van der Waals surface area contributed by atoms with Crippen LogP contribution in [-0.2, 0) is 20.1 Å². The summed E-state index contributed by atoms with van der Waals surface area (Å²) < 4.78 is 1.96. The van der Waals surface area contributed by atoms with E-state index in [1.165, 1.54) is 16.7 Å². The van der Waals surface area contributed by atoms with Crippen LogP contribution >= 0.6 is 24.0 Å². The fraction of sp³-hybridized carbons (Fsp3) is 0.389. The van der Waals surface area contributed by atoms with Crippen molar-refractivity contribution in [1.82, 2.24) is 25.4 Å². The lowest BCUT2D eigenvalue weighted by Crippen LogP contribution is -2.37. The van der Waals surface area contributed by atoms with Crippen LogP contribution in [-0.4, -0.2) is 27.3 Å². The Morgan fingerprint density at radius 1 is 1.24 bits per heavy atom. The molecular formula is C18H27IN6. The second kappa shape index (κ2) is 10.2. The van der Waals surface area contributed by atoms with Crippen molar-refractivity contribution < 1.29 is 0 Å². The van der Waals surface area contributed by atoms with Crippen LogP contribution in [0.25, 0.3) is 0 Å². The van der Waals surface area contributed by atoms with Gasteiger partial charge in [0.05, 0.1) is 13.1 Å². The summed E-state index contributed by atoms with van der Waals surface area (Å²) >= 11 is 0. The van der Waals surface area contributed by atoms with Crippen molar-refractivity contribution in [2.75, 3.05) is 6.54 Å². The molecule has 1 heterocycles. The number of guanidine groups is 1. The van der Waals surface area contributed by atoms with E-state index in [0.29, 0.717) is 19.6 Å². The second-order valence-corrected chi connectivity index (χ2v) is 5.84. The predicted molar refractivity (Wildman–Crippen MR) is 113 cm³/mol. The number of benzene rings is 1. The van der Waals surface area contributed by atoms with Gasteiger partial charge in [-0.2, -0.15) is 0 Å². The number of hydrogen-bond donors (Lipinski definition) is 2. The summed E-state index contributed by atoms with van der Waals surface area (Å²) in [5.74, 6) is 2.49. The van der Waals surface area contributed by atoms with Crippen LogP contribution in [0.2, 0.25) is 0 Å². The van der Waals surface area contributed by atoms with Crippen molar-refractivity contribution in [1.29, 1.82) is 0 Å². The minimum absolute atomic E-state index is 0. The zero-order valence-electron chi connectivity index (χ0n) is 15.3. The van der Waals surface area contributed by atoms with Gasteiger partial charge < -0.3 is 15.2 Å². The molecule has 0 aliphatic heterocycles. The quantitative estimate of drug-likeness (QED) is 0.305. The topological polar surface area (TPSA) is 67.1 Å². The first-order valence-corrected chi connectivity index (χ1v) is 8.05. The third-order valence-electron chi connectivity index (χ3n) is 3.92. The van der Waals surface area contributed by atoms with Gasteiger partial charge in [0.1, 0.15) is 5.82 Å². The lowest BCUT2D eigenvalue weighted by molar-refractivity contribution is 0.721. The molecule has 7 heteroatoms. The summed E-state index contributed by atoms with van der Waals surface area (Å²) in [5.41, 5.74) is 3.74. The standard InChI is InChI=1S/C18H26N6.HI/c1-6-9-19-18(21-12-17-23-22-15(4)24(17)5)20-11-16-8-7-13(2)10-14(16)3;/h6-8,10H,1,9,11-12H2,2-5H3,(H2,19,20,21);1H. The van der Waals surface area contributed by atoms with E-state index in [0.717, 1.165) is 17.6 Å². The van der Waals surface area contributed by atoms with Crippen LogP contribution in [0.1, 0.15) is 28.3 Å². The number of nitrogens with zero attached hydrogens (tertiary/aromatic N) is 4. The summed E-state index contributed by atoms with van der Waals surface area (Å²) in [6.07, 6.45) is 1.81. The molecule has 2 rings (SSSR count). The van der Waals surface area contributed by atoms with Crippen LogP contribution in [0.15, 0.2) is 35.8 Å². The fourth-order valence-corrected chi connectivity index (χ4v) is 2.30. The molecule has 1 aromatic carbocycles. The molecule has 136 valence electrons. The van der Waals surface area contributed by atoms with Crippen molar-refractivity contribution in [3.63, 3.8) is 0 Å². The maximum absolute atomic E-state index is 4.66. The molecule has 6 nitrogen and oxygen atoms in total. The van der Waals surface area contributed by atoms with Gasteiger partial charge in [0, 0.05) is 13.6 Å².